The number of aryl methyl sites for hydroxylation is 1. The van der Waals surface area contributed by atoms with Crippen LogP contribution in [0.4, 0.5) is 4.79 Å². The van der Waals surface area contributed by atoms with E-state index in [1.54, 1.807) is 6.92 Å². The maximum Gasteiger partial charge on any atom is 0.324 e. The SMILES string of the molecule is CC[C@@H](C)Cc1c(C)sc2nc(S[C@H](C)C(=O)N3CCNC3=O)[nH]c(=O)c12. The van der Waals surface area contributed by atoms with Crippen LogP contribution in [0.2, 0.25) is 0 Å². The lowest BCUT2D eigenvalue weighted by Gasteiger charge is -2.16. The van der Waals surface area contributed by atoms with E-state index in [1.807, 2.05) is 6.92 Å². The van der Waals surface area contributed by atoms with E-state index in [9.17, 15) is 14.4 Å². The van der Waals surface area contributed by atoms with E-state index in [2.05, 4.69) is 29.1 Å². The van der Waals surface area contributed by atoms with Crippen LogP contribution in [0, 0.1) is 12.8 Å². The predicted molar refractivity (Wildman–Crippen MR) is 109 cm³/mol. The summed E-state index contributed by atoms with van der Waals surface area (Å²) in [5.74, 6) is 0.219. The van der Waals surface area contributed by atoms with Gasteiger partial charge in [0.15, 0.2) is 5.16 Å². The quantitative estimate of drug-likeness (QED) is 0.566. The van der Waals surface area contributed by atoms with Gasteiger partial charge in [-0.1, -0.05) is 32.0 Å². The van der Waals surface area contributed by atoms with E-state index in [1.165, 1.54) is 28.0 Å². The van der Waals surface area contributed by atoms with E-state index in [4.69, 9.17) is 0 Å². The number of urea groups is 1. The number of imide groups is 1. The molecule has 27 heavy (non-hydrogen) atoms. The Kier molecular flexibility index (Phi) is 5.90. The summed E-state index contributed by atoms with van der Waals surface area (Å²) in [6.45, 7) is 8.90. The van der Waals surface area contributed by atoms with Gasteiger partial charge in [0.05, 0.1) is 10.6 Å². The molecule has 0 unspecified atom stereocenters. The van der Waals surface area contributed by atoms with E-state index < -0.39 is 5.25 Å². The van der Waals surface area contributed by atoms with Crippen molar-refractivity contribution in [1.82, 2.24) is 20.2 Å². The number of nitrogens with one attached hydrogen (secondary N) is 2. The van der Waals surface area contributed by atoms with Crippen molar-refractivity contribution in [2.45, 2.75) is 50.9 Å². The predicted octanol–water partition coefficient (Wildman–Crippen LogP) is 2.91. The molecule has 2 N–H and O–H groups in total. The minimum Gasteiger partial charge on any atom is -0.336 e. The summed E-state index contributed by atoms with van der Waals surface area (Å²) in [5, 5.41) is 3.17. The molecule has 0 aromatic carbocycles. The Balaban J connectivity index is 1.85. The first-order valence-electron chi connectivity index (χ1n) is 9.10. The van der Waals surface area contributed by atoms with E-state index in [0.29, 0.717) is 34.4 Å². The number of fused-ring (bicyclic) bond motifs is 1. The number of aromatic amines is 1. The van der Waals surface area contributed by atoms with Gasteiger partial charge < -0.3 is 10.3 Å². The lowest BCUT2D eigenvalue weighted by molar-refractivity contribution is -0.126. The molecule has 2 aromatic rings. The number of H-pyrrole nitrogens is 1. The smallest absolute Gasteiger partial charge is 0.324 e. The second-order valence-corrected chi connectivity index (χ2v) is 9.42. The van der Waals surface area contributed by atoms with E-state index in [0.717, 1.165) is 23.3 Å². The van der Waals surface area contributed by atoms with Gasteiger partial charge in [0.25, 0.3) is 5.56 Å². The van der Waals surface area contributed by atoms with Crippen molar-refractivity contribution in [3.05, 3.63) is 20.8 Å². The molecular weight excluding hydrogens is 384 g/mol. The third kappa shape index (κ3) is 4.03. The molecule has 0 aliphatic carbocycles. The third-order valence-electron chi connectivity index (χ3n) is 4.85. The molecule has 0 radical (unpaired) electrons. The molecule has 1 aliphatic heterocycles. The highest BCUT2D eigenvalue weighted by Gasteiger charge is 2.30. The fraction of sp³-hybridized carbons (Fsp3) is 0.556. The molecule has 3 heterocycles. The highest BCUT2D eigenvalue weighted by atomic mass is 32.2. The fourth-order valence-electron chi connectivity index (χ4n) is 3.07. The summed E-state index contributed by atoms with van der Waals surface area (Å²) in [6.07, 6.45) is 1.91. The molecule has 0 saturated carbocycles. The number of carbonyl (C=O) groups excluding carboxylic acids is 2. The van der Waals surface area contributed by atoms with Gasteiger partial charge in [0, 0.05) is 18.0 Å². The zero-order valence-corrected chi connectivity index (χ0v) is 17.6. The Morgan fingerprint density at radius 3 is 2.74 bits per heavy atom. The Labute approximate surface area is 165 Å². The van der Waals surface area contributed by atoms with Gasteiger partial charge >= 0.3 is 6.03 Å². The van der Waals surface area contributed by atoms with Crippen molar-refractivity contribution < 1.29 is 9.59 Å². The molecule has 3 rings (SSSR count). The van der Waals surface area contributed by atoms with Gasteiger partial charge in [0.2, 0.25) is 5.91 Å². The van der Waals surface area contributed by atoms with Crippen LogP contribution in [0.3, 0.4) is 0 Å². The Morgan fingerprint density at radius 1 is 1.37 bits per heavy atom. The lowest BCUT2D eigenvalue weighted by Crippen LogP contribution is -2.39. The largest absolute Gasteiger partial charge is 0.336 e. The van der Waals surface area contributed by atoms with Gasteiger partial charge in [-0.2, -0.15) is 0 Å². The maximum atomic E-state index is 12.7. The minimum absolute atomic E-state index is 0.163. The van der Waals surface area contributed by atoms with Crippen molar-refractivity contribution >= 4 is 45.3 Å². The van der Waals surface area contributed by atoms with Crippen LogP contribution < -0.4 is 10.9 Å². The summed E-state index contributed by atoms with van der Waals surface area (Å²) < 4.78 is 0. The zero-order valence-electron chi connectivity index (χ0n) is 15.9. The summed E-state index contributed by atoms with van der Waals surface area (Å²) in [6, 6.07) is -0.368. The summed E-state index contributed by atoms with van der Waals surface area (Å²) in [4.78, 5) is 47.2. The van der Waals surface area contributed by atoms with E-state index in [-0.39, 0.29) is 17.5 Å². The normalized spacial score (nSPS) is 16.6. The fourth-order valence-corrected chi connectivity index (χ4v) is 5.04. The van der Waals surface area contributed by atoms with Crippen LogP contribution in [0.1, 0.15) is 37.6 Å². The van der Waals surface area contributed by atoms with Crippen molar-refractivity contribution in [2.24, 2.45) is 5.92 Å². The molecule has 2 atom stereocenters. The first kappa shape index (κ1) is 19.9. The van der Waals surface area contributed by atoms with Crippen LogP contribution in [-0.2, 0) is 11.2 Å². The number of thiophene rings is 1. The number of carbonyl (C=O) groups is 2. The van der Waals surface area contributed by atoms with Gasteiger partial charge in [0.1, 0.15) is 4.83 Å². The highest BCUT2D eigenvalue weighted by molar-refractivity contribution is 8.00. The number of nitrogens with zero attached hydrogens (tertiary/aromatic N) is 2. The zero-order chi connectivity index (χ0) is 19.7. The summed E-state index contributed by atoms with van der Waals surface area (Å²) >= 11 is 2.69. The second-order valence-electron chi connectivity index (χ2n) is 6.89. The van der Waals surface area contributed by atoms with Crippen LogP contribution in [0.5, 0.6) is 0 Å². The van der Waals surface area contributed by atoms with Crippen molar-refractivity contribution in [3.63, 3.8) is 0 Å². The highest BCUT2D eigenvalue weighted by Crippen LogP contribution is 2.31. The van der Waals surface area contributed by atoms with Crippen LogP contribution in [0.25, 0.3) is 10.2 Å². The Bertz CT molecular complexity index is 937. The average Bonchev–Trinajstić information content (AvgIpc) is 3.17. The molecule has 3 amide bonds. The van der Waals surface area contributed by atoms with Crippen LogP contribution >= 0.6 is 23.1 Å². The first-order chi connectivity index (χ1) is 12.8. The Morgan fingerprint density at radius 2 is 2.11 bits per heavy atom. The number of rotatable bonds is 6. The van der Waals surface area contributed by atoms with Crippen LogP contribution in [0.15, 0.2) is 9.95 Å². The topological polar surface area (TPSA) is 95.2 Å². The van der Waals surface area contributed by atoms with Gasteiger partial charge in [-0.3, -0.25) is 14.5 Å². The third-order valence-corrected chi connectivity index (χ3v) is 6.86. The molecule has 0 bridgehead atoms. The van der Waals surface area contributed by atoms with Crippen LogP contribution in [-0.4, -0.2) is 45.1 Å². The van der Waals surface area contributed by atoms with Crippen molar-refractivity contribution in [3.8, 4) is 0 Å². The monoisotopic (exact) mass is 408 g/mol. The number of thioether (sulfide) groups is 1. The molecule has 1 fully saturated rings. The van der Waals surface area contributed by atoms with Crippen molar-refractivity contribution in [1.29, 1.82) is 0 Å². The standard InChI is InChI=1S/C18H24N4O3S2/c1-5-9(2)8-12-10(3)26-15-13(12)14(23)20-17(21-15)27-11(4)16(24)22-7-6-19-18(22)25/h9,11H,5-8H2,1-4H3,(H,19,25)(H,20,21,23)/t9-,11-/m1/s1. The molecule has 7 nitrogen and oxygen atoms in total. The summed E-state index contributed by atoms with van der Waals surface area (Å²) in [7, 11) is 0. The van der Waals surface area contributed by atoms with E-state index >= 15 is 0 Å². The maximum absolute atomic E-state index is 12.7. The summed E-state index contributed by atoms with van der Waals surface area (Å²) in [5.41, 5.74) is 0.913. The Hall–Kier alpha value is -1.87. The minimum atomic E-state index is -0.518. The van der Waals surface area contributed by atoms with Crippen molar-refractivity contribution in [2.75, 3.05) is 13.1 Å². The molecule has 1 aliphatic rings. The molecule has 9 heteroatoms. The molecule has 1 saturated heterocycles. The van der Waals surface area contributed by atoms with Gasteiger partial charge in [-0.25, -0.2) is 9.78 Å². The van der Waals surface area contributed by atoms with Gasteiger partial charge in [-0.15, -0.1) is 11.3 Å². The average molecular weight is 409 g/mol. The van der Waals surface area contributed by atoms with Gasteiger partial charge in [-0.05, 0) is 31.7 Å². The number of hydrogen-bond donors (Lipinski definition) is 2. The molecule has 146 valence electrons. The molecule has 2 aromatic heterocycles. The molecule has 0 spiro atoms. The number of amides is 3. The lowest BCUT2D eigenvalue weighted by atomic mass is 9.98. The second kappa shape index (κ2) is 8.02. The number of hydrogen-bond acceptors (Lipinski definition) is 6. The molecular formula is C18H24N4O3S2. The first-order valence-corrected chi connectivity index (χ1v) is 10.8. The number of aromatic nitrogens is 2.